The lowest BCUT2D eigenvalue weighted by Gasteiger charge is -2.10. The van der Waals surface area contributed by atoms with Crippen molar-refractivity contribution in [2.24, 2.45) is 5.73 Å². The molecule has 0 aliphatic heterocycles. The van der Waals surface area contributed by atoms with E-state index < -0.39 is 0 Å². The molecule has 0 radical (unpaired) electrons. The minimum Gasteiger partial charge on any atom is -0.497 e. The molecule has 0 spiro atoms. The third-order valence-electron chi connectivity index (χ3n) is 2.80. The summed E-state index contributed by atoms with van der Waals surface area (Å²) in [5, 5.41) is 11.4. The molecule has 0 saturated carbocycles. The zero-order valence-corrected chi connectivity index (χ0v) is 11.6. The van der Waals surface area contributed by atoms with Crippen LogP contribution >= 0.6 is 0 Å². The first-order valence-corrected chi connectivity index (χ1v) is 6.28. The summed E-state index contributed by atoms with van der Waals surface area (Å²) in [7, 11) is 3.23. The number of benzene rings is 1. The van der Waals surface area contributed by atoms with Gasteiger partial charge in [-0.05, 0) is 24.3 Å². The Morgan fingerprint density at radius 2 is 1.95 bits per heavy atom. The Labute approximate surface area is 117 Å². The molecule has 3 N–H and O–H groups in total. The van der Waals surface area contributed by atoms with Crippen LogP contribution in [0.15, 0.2) is 30.3 Å². The summed E-state index contributed by atoms with van der Waals surface area (Å²) >= 11 is 0. The Bertz CT molecular complexity index is 558. The van der Waals surface area contributed by atoms with Gasteiger partial charge in [-0.15, -0.1) is 10.2 Å². The van der Waals surface area contributed by atoms with Crippen molar-refractivity contribution in [3.8, 4) is 22.8 Å². The largest absolute Gasteiger partial charge is 0.497 e. The van der Waals surface area contributed by atoms with E-state index in [1.54, 1.807) is 14.2 Å². The second-order valence-corrected chi connectivity index (χ2v) is 4.09. The highest BCUT2D eigenvalue weighted by atomic mass is 16.5. The van der Waals surface area contributed by atoms with E-state index in [2.05, 4.69) is 15.5 Å². The van der Waals surface area contributed by atoms with Crippen molar-refractivity contribution in [2.45, 2.75) is 0 Å². The molecule has 2 aromatic rings. The van der Waals surface area contributed by atoms with Gasteiger partial charge in [0.15, 0.2) is 0 Å². The smallest absolute Gasteiger partial charge is 0.148 e. The third kappa shape index (κ3) is 3.16. The van der Waals surface area contributed by atoms with Crippen molar-refractivity contribution < 1.29 is 9.47 Å². The predicted octanol–water partition coefficient (Wildman–Crippen LogP) is 1.53. The Hall–Kier alpha value is -2.34. The van der Waals surface area contributed by atoms with Crippen molar-refractivity contribution in [1.82, 2.24) is 10.2 Å². The molecule has 0 amide bonds. The fraction of sp³-hybridized carbons (Fsp3) is 0.286. The van der Waals surface area contributed by atoms with Crippen LogP contribution in [0.5, 0.6) is 11.5 Å². The van der Waals surface area contributed by atoms with Gasteiger partial charge >= 0.3 is 0 Å². The number of aromatic nitrogens is 2. The van der Waals surface area contributed by atoms with Gasteiger partial charge in [0.1, 0.15) is 17.3 Å². The molecule has 0 unspecified atom stereocenters. The number of rotatable bonds is 6. The normalized spacial score (nSPS) is 10.2. The molecule has 6 heteroatoms. The highest BCUT2D eigenvalue weighted by Gasteiger charge is 2.09. The number of anilines is 1. The van der Waals surface area contributed by atoms with Crippen molar-refractivity contribution >= 4 is 5.82 Å². The Morgan fingerprint density at radius 1 is 1.10 bits per heavy atom. The van der Waals surface area contributed by atoms with Crippen molar-refractivity contribution in [3.63, 3.8) is 0 Å². The fourth-order valence-electron chi connectivity index (χ4n) is 1.78. The summed E-state index contributed by atoms with van der Waals surface area (Å²) in [6.07, 6.45) is 0. The second-order valence-electron chi connectivity index (χ2n) is 4.09. The van der Waals surface area contributed by atoms with Gasteiger partial charge in [-0.2, -0.15) is 0 Å². The van der Waals surface area contributed by atoms with E-state index >= 15 is 0 Å². The topological polar surface area (TPSA) is 82.3 Å². The minimum absolute atomic E-state index is 0.551. The van der Waals surface area contributed by atoms with Gasteiger partial charge in [-0.3, -0.25) is 0 Å². The SMILES string of the molecule is COc1ccc(-c2ccc(NCCN)nn2)c(OC)c1. The average molecular weight is 274 g/mol. The molecule has 0 aliphatic rings. The molecule has 20 heavy (non-hydrogen) atoms. The summed E-state index contributed by atoms with van der Waals surface area (Å²) < 4.78 is 10.5. The lowest BCUT2D eigenvalue weighted by Crippen LogP contribution is -2.14. The minimum atomic E-state index is 0.551. The molecule has 0 saturated heterocycles. The Morgan fingerprint density at radius 3 is 2.55 bits per heavy atom. The molecule has 0 atom stereocenters. The van der Waals surface area contributed by atoms with Crippen LogP contribution in [0.3, 0.4) is 0 Å². The fourth-order valence-corrected chi connectivity index (χ4v) is 1.78. The molecular formula is C14H18N4O2. The summed E-state index contributed by atoms with van der Waals surface area (Å²) in [5.74, 6) is 2.13. The van der Waals surface area contributed by atoms with E-state index in [4.69, 9.17) is 15.2 Å². The Balaban J connectivity index is 2.26. The first kappa shape index (κ1) is 14.1. The van der Waals surface area contributed by atoms with Gasteiger partial charge in [0.2, 0.25) is 0 Å². The van der Waals surface area contributed by atoms with Crippen molar-refractivity contribution in [1.29, 1.82) is 0 Å². The van der Waals surface area contributed by atoms with Crippen LogP contribution < -0.4 is 20.5 Å². The van der Waals surface area contributed by atoms with E-state index in [0.29, 0.717) is 24.7 Å². The molecular weight excluding hydrogens is 256 g/mol. The van der Waals surface area contributed by atoms with Crippen LogP contribution in [0.4, 0.5) is 5.82 Å². The third-order valence-corrected chi connectivity index (χ3v) is 2.80. The Kier molecular flexibility index (Phi) is 4.73. The lowest BCUT2D eigenvalue weighted by atomic mass is 10.1. The molecule has 0 bridgehead atoms. The van der Waals surface area contributed by atoms with Gasteiger partial charge in [0, 0.05) is 24.7 Å². The molecule has 6 nitrogen and oxygen atoms in total. The first-order chi connectivity index (χ1) is 9.78. The van der Waals surface area contributed by atoms with E-state index in [9.17, 15) is 0 Å². The van der Waals surface area contributed by atoms with E-state index in [0.717, 1.165) is 17.0 Å². The standard InChI is InChI=1S/C14H18N4O2/c1-19-10-3-4-11(13(9-10)20-2)12-5-6-14(18-17-12)16-8-7-15/h3-6,9H,7-8,15H2,1-2H3,(H,16,18). The van der Waals surface area contributed by atoms with Crippen LogP contribution in [0.1, 0.15) is 0 Å². The maximum Gasteiger partial charge on any atom is 0.148 e. The van der Waals surface area contributed by atoms with Gasteiger partial charge < -0.3 is 20.5 Å². The van der Waals surface area contributed by atoms with Gasteiger partial charge in [0.05, 0.1) is 19.9 Å². The van der Waals surface area contributed by atoms with E-state index in [1.807, 2.05) is 30.3 Å². The molecule has 0 aliphatic carbocycles. The van der Waals surface area contributed by atoms with Crippen LogP contribution in [0.25, 0.3) is 11.3 Å². The van der Waals surface area contributed by atoms with Gasteiger partial charge in [-0.1, -0.05) is 0 Å². The first-order valence-electron chi connectivity index (χ1n) is 6.28. The molecule has 1 heterocycles. The summed E-state index contributed by atoms with van der Waals surface area (Å²) in [5.41, 5.74) is 7.03. The molecule has 1 aromatic heterocycles. The highest BCUT2D eigenvalue weighted by molar-refractivity contribution is 5.68. The van der Waals surface area contributed by atoms with E-state index in [1.165, 1.54) is 0 Å². The van der Waals surface area contributed by atoms with Crippen LogP contribution in [-0.4, -0.2) is 37.5 Å². The van der Waals surface area contributed by atoms with Gasteiger partial charge in [0.25, 0.3) is 0 Å². The molecule has 106 valence electrons. The number of nitrogens with one attached hydrogen (secondary N) is 1. The van der Waals surface area contributed by atoms with Crippen LogP contribution in [0.2, 0.25) is 0 Å². The molecule has 1 aromatic carbocycles. The number of nitrogens with zero attached hydrogens (tertiary/aromatic N) is 2. The van der Waals surface area contributed by atoms with Crippen LogP contribution in [0, 0.1) is 0 Å². The summed E-state index contributed by atoms with van der Waals surface area (Å²) in [6, 6.07) is 9.32. The monoisotopic (exact) mass is 274 g/mol. The summed E-state index contributed by atoms with van der Waals surface area (Å²) in [4.78, 5) is 0. The van der Waals surface area contributed by atoms with Crippen molar-refractivity contribution in [2.75, 3.05) is 32.6 Å². The van der Waals surface area contributed by atoms with Crippen molar-refractivity contribution in [3.05, 3.63) is 30.3 Å². The lowest BCUT2D eigenvalue weighted by molar-refractivity contribution is 0.395. The number of hydrogen-bond donors (Lipinski definition) is 2. The average Bonchev–Trinajstić information content (AvgIpc) is 2.52. The quantitative estimate of drug-likeness (QED) is 0.831. The summed E-state index contributed by atoms with van der Waals surface area (Å²) in [6.45, 7) is 1.22. The number of hydrogen-bond acceptors (Lipinski definition) is 6. The highest BCUT2D eigenvalue weighted by Crippen LogP contribution is 2.31. The second kappa shape index (κ2) is 6.72. The number of nitrogens with two attached hydrogens (primary N) is 1. The van der Waals surface area contributed by atoms with E-state index in [-0.39, 0.29) is 0 Å². The zero-order valence-electron chi connectivity index (χ0n) is 11.6. The maximum atomic E-state index is 5.42. The molecule has 0 fully saturated rings. The zero-order chi connectivity index (χ0) is 14.4. The number of methoxy groups -OCH3 is 2. The van der Waals surface area contributed by atoms with Crippen LogP contribution in [-0.2, 0) is 0 Å². The number of ether oxygens (including phenoxy) is 2. The predicted molar refractivity (Wildman–Crippen MR) is 78.1 cm³/mol. The maximum absolute atomic E-state index is 5.42. The van der Waals surface area contributed by atoms with Gasteiger partial charge in [-0.25, -0.2) is 0 Å². The molecule has 2 rings (SSSR count).